The number of hydrogen-bond donors (Lipinski definition) is 3. The minimum absolute atomic E-state index is 0.112. The van der Waals surface area contributed by atoms with Crippen molar-refractivity contribution >= 4 is 27.8 Å². The third kappa shape index (κ3) is 3.72. The summed E-state index contributed by atoms with van der Waals surface area (Å²) in [6.45, 7) is 1.60. The van der Waals surface area contributed by atoms with Crippen molar-refractivity contribution in [3.63, 3.8) is 0 Å². The third-order valence-corrected chi connectivity index (χ3v) is 4.18. The van der Waals surface area contributed by atoms with Gasteiger partial charge in [-0.05, 0) is 41.5 Å². The maximum atomic E-state index is 12.0. The monoisotopic (exact) mass is 359 g/mol. The van der Waals surface area contributed by atoms with Crippen LogP contribution in [-0.2, 0) is 4.79 Å². The van der Waals surface area contributed by atoms with E-state index in [0.717, 1.165) is 27.4 Å². The lowest BCUT2D eigenvalue weighted by Gasteiger charge is -2.05. The molecule has 0 fully saturated rings. The van der Waals surface area contributed by atoms with Crippen molar-refractivity contribution in [1.82, 2.24) is 9.97 Å². The zero-order chi connectivity index (χ0) is 19.4. The van der Waals surface area contributed by atoms with Crippen molar-refractivity contribution in [2.45, 2.75) is 13.3 Å². The van der Waals surface area contributed by atoms with Crippen LogP contribution in [0, 0.1) is 11.3 Å². The van der Waals surface area contributed by atoms with Crippen LogP contribution in [0.5, 0.6) is 0 Å². The molecule has 6 heteroatoms. The summed E-state index contributed by atoms with van der Waals surface area (Å²) in [5, 5.41) is 18.5. The molecule has 0 aliphatic heterocycles. The first kappa shape index (κ1) is 18.0. The average molecular weight is 359 g/mol. The predicted molar refractivity (Wildman–Crippen MR) is 105 cm³/mol. The largest absolute Gasteiger partial charge is 0.481 e. The second-order valence-corrected chi connectivity index (χ2v) is 5.92. The van der Waals surface area contributed by atoms with E-state index in [2.05, 4.69) is 22.1 Å². The van der Waals surface area contributed by atoms with Crippen LogP contribution in [0.1, 0.15) is 18.9 Å². The molecule has 3 N–H and O–H groups in total. The van der Waals surface area contributed by atoms with E-state index in [1.54, 1.807) is 25.3 Å². The number of carbonyl (C=O) groups is 1. The Kier molecular flexibility index (Phi) is 5.04. The second-order valence-electron chi connectivity index (χ2n) is 5.92. The fourth-order valence-corrected chi connectivity index (χ4v) is 2.76. The lowest BCUT2D eigenvalue weighted by atomic mass is 10.0. The molecule has 0 unspecified atom stereocenters. The highest BCUT2D eigenvalue weighted by molar-refractivity contribution is 6.05. The van der Waals surface area contributed by atoms with Crippen molar-refractivity contribution in [3.8, 4) is 17.2 Å². The number of rotatable bonds is 2. The normalized spacial score (nSPS) is 10.2. The number of aromatic amines is 2. The topological polar surface area (TPSA) is 110 Å². The van der Waals surface area contributed by atoms with E-state index in [9.17, 15) is 9.59 Å². The minimum Gasteiger partial charge on any atom is -0.481 e. The number of aromatic nitrogens is 2. The van der Waals surface area contributed by atoms with Gasteiger partial charge in [-0.3, -0.25) is 9.59 Å². The van der Waals surface area contributed by atoms with Crippen LogP contribution in [0.2, 0.25) is 0 Å². The Morgan fingerprint density at radius 3 is 2.37 bits per heavy atom. The Bertz CT molecular complexity index is 1210. The summed E-state index contributed by atoms with van der Waals surface area (Å²) in [6, 6.07) is 17.4. The molecule has 0 saturated carbocycles. The van der Waals surface area contributed by atoms with Crippen molar-refractivity contribution in [2.75, 3.05) is 0 Å². The van der Waals surface area contributed by atoms with Crippen molar-refractivity contribution in [1.29, 1.82) is 5.26 Å². The lowest BCUT2D eigenvalue weighted by Crippen LogP contribution is -2.05. The van der Waals surface area contributed by atoms with Gasteiger partial charge in [-0.1, -0.05) is 25.1 Å². The molecular weight excluding hydrogens is 342 g/mol. The van der Waals surface area contributed by atoms with Gasteiger partial charge in [0.1, 0.15) is 5.52 Å². The number of aliphatic carboxylic acids is 1. The molecule has 4 aromatic rings. The smallest absolute Gasteiger partial charge is 0.303 e. The molecule has 134 valence electrons. The number of carboxylic acid groups (broad SMARTS) is 1. The highest BCUT2D eigenvalue weighted by Gasteiger charge is 2.07. The molecule has 2 aromatic heterocycles. The summed E-state index contributed by atoms with van der Waals surface area (Å²) < 4.78 is 0. The number of carboxylic acids is 1. The first-order valence-corrected chi connectivity index (χ1v) is 8.39. The summed E-state index contributed by atoms with van der Waals surface area (Å²) >= 11 is 0. The molecule has 0 amide bonds. The Balaban J connectivity index is 0.000000376. The van der Waals surface area contributed by atoms with Crippen LogP contribution in [0.4, 0.5) is 0 Å². The van der Waals surface area contributed by atoms with Gasteiger partial charge in [0.25, 0.3) is 5.56 Å². The van der Waals surface area contributed by atoms with Gasteiger partial charge in [-0.2, -0.15) is 5.26 Å². The molecule has 0 saturated heterocycles. The van der Waals surface area contributed by atoms with E-state index >= 15 is 0 Å². The van der Waals surface area contributed by atoms with Crippen LogP contribution in [0.3, 0.4) is 0 Å². The van der Waals surface area contributed by atoms with Crippen LogP contribution in [0.25, 0.3) is 32.9 Å². The highest BCUT2D eigenvalue weighted by atomic mass is 16.4. The van der Waals surface area contributed by atoms with Gasteiger partial charge in [-0.25, -0.2) is 0 Å². The fourth-order valence-electron chi connectivity index (χ4n) is 2.76. The molecule has 2 aromatic carbocycles. The van der Waals surface area contributed by atoms with E-state index < -0.39 is 5.97 Å². The summed E-state index contributed by atoms with van der Waals surface area (Å²) in [5.74, 6) is -0.745. The van der Waals surface area contributed by atoms with Crippen LogP contribution in [0.15, 0.2) is 59.5 Å². The Labute approximate surface area is 154 Å². The molecule has 2 heterocycles. The van der Waals surface area contributed by atoms with Crippen molar-refractivity contribution in [2.24, 2.45) is 0 Å². The molecule has 27 heavy (non-hydrogen) atoms. The second kappa shape index (κ2) is 7.58. The Morgan fingerprint density at radius 2 is 1.74 bits per heavy atom. The standard InChI is InChI=1S/C18H11N3O.C3H6O2/c19-10-11-1-3-12(4-2-11)13-5-6-16-15(9-13)14-7-8-20-17(14)18(22)21-16;1-2-3(4)5/h1-9,20H,(H,21,22);2H2,1H3,(H,4,5). The van der Waals surface area contributed by atoms with Crippen LogP contribution < -0.4 is 5.56 Å². The van der Waals surface area contributed by atoms with Crippen molar-refractivity contribution in [3.05, 3.63) is 70.6 Å². The van der Waals surface area contributed by atoms with Gasteiger partial charge < -0.3 is 15.1 Å². The van der Waals surface area contributed by atoms with E-state index in [4.69, 9.17) is 10.4 Å². The molecule has 0 atom stereocenters. The summed E-state index contributed by atoms with van der Waals surface area (Å²) in [4.78, 5) is 27.2. The minimum atomic E-state index is -0.745. The predicted octanol–water partition coefficient (Wildman–Crippen LogP) is 4.03. The van der Waals surface area contributed by atoms with Crippen LogP contribution in [-0.4, -0.2) is 21.0 Å². The van der Waals surface area contributed by atoms with Gasteiger partial charge in [0.2, 0.25) is 0 Å². The van der Waals surface area contributed by atoms with Gasteiger partial charge in [0.15, 0.2) is 0 Å². The van der Waals surface area contributed by atoms with Crippen LogP contribution >= 0.6 is 0 Å². The maximum Gasteiger partial charge on any atom is 0.303 e. The van der Waals surface area contributed by atoms with Crippen molar-refractivity contribution < 1.29 is 9.90 Å². The molecule has 4 rings (SSSR count). The van der Waals surface area contributed by atoms with Gasteiger partial charge in [0.05, 0.1) is 11.6 Å². The Morgan fingerprint density at radius 1 is 1.07 bits per heavy atom. The summed E-state index contributed by atoms with van der Waals surface area (Å²) in [5.41, 5.74) is 4.02. The van der Waals surface area contributed by atoms with Gasteiger partial charge >= 0.3 is 5.97 Å². The lowest BCUT2D eigenvalue weighted by molar-refractivity contribution is -0.136. The van der Waals surface area contributed by atoms with E-state index in [-0.39, 0.29) is 12.0 Å². The number of pyridine rings is 1. The number of nitriles is 1. The molecule has 0 spiro atoms. The summed E-state index contributed by atoms with van der Waals surface area (Å²) in [7, 11) is 0. The molecule has 0 aliphatic rings. The number of benzene rings is 2. The molecule has 0 radical (unpaired) electrons. The zero-order valence-corrected chi connectivity index (χ0v) is 14.6. The molecule has 0 aliphatic carbocycles. The number of nitrogens with zero attached hydrogens (tertiary/aromatic N) is 1. The quantitative estimate of drug-likeness (QED) is 0.502. The number of nitrogens with one attached hydrogen (secondary N) is 2. The van der Waals surface area contributed by atoms with Gasteiger partial charge in [-0.15, -0.1) is 0 Å². The van der Waals surface area contributed by atoms with E-state index in [1.165, 1.54) is 0 Å². The number of hydrogen-bond acceptors (Lipinski definition) is 3. The molecule has 0 bridgehead atoms. The summed E-state index contributed by atoms with van der Waals surface area (Å²) in [6.07, 6.45) is 1.99. The maximum absolute atomic E-state index is 12.0. The molecular formula is C21H17N3O3. The number of fused-ring (bicyclic) bond motifs is 3. The number of H-pyrrole nitrogens is 2. The first-order chi connectivity index (χ1) is 13.0. The van der Waals surface area contributed by atoms with Gasteiger partial charge in [0, 0.05) is 28.9 Å². The molecule has 6 nitrogen and oxygen atoms in total. The van der Waals surface area contributed by atoms with E-state index in [0.29, 0.717) is 11.1 Å². The SMILES string of the molecule is CCC(=O)O.N#Cc1ccc(-c2ccc3[nH]c(=O)c4[nH]ccc4c3c2)cc1. The first-order valence-electron chi connectivity index (χ1n) is 8.39. The Hall–Kier alpha value is -3.85. The average Bonchev–Trinajstić information content (AvgIpc) is 3.19. The third-order valence-electron chi connectivity index (χ3n) is 4.18. The fraction of sp³-hybridized carbons (Fsp3) is 0.0952. The van der Waals surface area contributed by atoms with E-state index in [1.807, 2.05) is 30.3 Å². The highest BCUT2D eigenvalue weighted by Crippen LogP contribution is 2.27. The zero-order valence-electron chi connectivity index (χ0n) is 14.6.